The highest BCUT2D eigenvalue weighted by atomic mass is 32.2. The van der Waals surface area contributed by atoms with Crippen molar-refractivity contribution >= 4 is 17.7 Å². The summed E-state index contributed by atoms with van der Waals surface area (Å²) in [6.07, 6.45) is -0.498. The zero-order valence-corrected chi connectivity index (χ0v) is 10.3. The van der Waals surface area contributed by atoms with Crippen LogP contribution in [-0.2, 0) is 27.9 Å². The van der Waals surface area contributed by atoms with Gasteiger partial charge in [-0.05, 0) is 13.8 Å². The smallest absolute Gasteiger partial charge is 0.311 e. The van der Waals surface area contributed by atoms with Gasteiger partial charge in [0.25, 0.3) is 10.1 Å². The van der Waals surface area contributed by atoms with E-state index in [1.54, 1.807) is 13.8 Å². The maximum Gasteiger partial charge on any atom is 0.347 e. The lowest BCUT2D eigenvalue weighted by Gasteiger charge is -2.14. The van der Waals surface area contributed by atoms with Gasteiger partial charge < -0.3 is 9.05 Å². The summed E-state index contributed by atoms with van der Waals surface area (Å²) in [7, 11) is -5.21. The number of hydrogen-bond donors (Lipinski definition) is 0. The topological polar surface area (TPSA) is 78.9 Å². The van der Waals surface area contributed by atoms with Gasteiger partial charge in [0.1, 0.15) is 0 Å². The Morgan fingerprint density at radius 2 is 1.64 bits per heavy atom. The molecule has 0 aliphatic heterocycles. The highest BCUT2D eigenvalue weighted by Gasteiger charge is 2.31. The first-order valence-corrected chi connectivity index (χ1v) is 7.16. The molecule has 0 aliphatic carbocycles. The first-order chi connectivity index (χ1) is 6.24. The van der Waals surface area contributed by atoms with Crippen LogP contribution in [0.25, 0.3) is 0 Å². The van der Waals surface area contributed by atoms with Gasteiger partial charge in [0, 0.05) is 14.2 Å². The standard InChI is InChI=1S/C6H15O6PS/c1-6(2)12-14(8,9)5-13(7,10-3)11-4/h6H,5H2,1-4H3. The van der Waals surface area contributed by atoms with Crippen LogP contribution in [-0.4, -0.2) is 34.2 Å². The fourth-order valence-electron chi connectivity index (χ4n) is 0.697. The Labute approximate surface area is 84.2 Å². The summed E-state index contributed by atoms with van der Waals surface area (Å²) in [6, 6.07) is 0. The van der Waals surface area contributed by atoms with Crippen LogP contribution in [0.15, 0.2) is 0 Å². The Hall–Kier alpha value is 0.0600. The zero-order chi connectivity index (χ0) is 11.4. The lowest BCUT2D eigenvalue weighted by atomic mass is 10.5. The molecule has 0 heterocycles. The van der Waals surface area contributed by atoms with Crippen LogP contribution in [0, 0.1) is 0 Å². The molecule has 0 amide bonds. The van der Waals surface area contributed by atoms with Gasteiger partial charge in [-0.15, -0.1) is 0 Å². The highest BCUT2D eigenvalue weighted by Crippen LogP contribution is 2.47. The third-order valence-electron chi connectivity index (χ3n) is 1.21. The average molecular weight is 246 g/mol. The molecule has 0 rings (SSSR count). The molecular weight excluding hydrogens is 231 g/mol. The Bertz CT molecular complexity index is 300. The largest absolute Gasteiger partial charge is 0.347 e. The number of rotatable bonds is 6. The molecule has 8 heteroatoms. The van der Waals surface area contributed by atoms with Crippen LogP contribution in [0.4, 0.5) is 0 Å². The van der Waals surface area contributed by atoms with Crippen molar-refractivity contribution in [3.05, 3.63) is 0 Å². The molecule has 0 N–H and O–H groups in total. The molecule has 0 saturated carbocycles. The summed E-state index contributed by atoms with van der Waals surface area (Å²) in [5, 5.41) is 0. The second-order valence-electron chi connectivity index (χ2n) is 2.81. The van der Waals surface area contributed by atoms with Gasteiger partial charge in [-0.25, -0.2) is 0 Å². The van der Waals surface area contributed by atoms with Crippen LogP contribution in [0.3, 0.4) is 0 Å². The second-order valence-corrected chi connectivity index (χ2v) is 7.10. The summed E-state index contributed by atoms with van der Waals surface area (Å²) in [4.78, 5) is 0. The van der Waals surface area contributed by atoms with E-state index in [9.17, 15) is 13.0 Å². The van der Waals surface area contributed by atoms with Gasteiger partial charge in [0.05, 0.1) is 6.10 Å². The van der Waals surface area contributed by atoms with Crippen molar-refractivity contribution in [1.29, 1.82) is 0 Å². The molecule has 0 aromatic carbocycles. The molecule has 0 unspecified atom stereocenters. The minimum absolute atomic E-state index is 0.498. The minimum Gasteiger partial charge on any atom is -0.311 e. The molecule has 0 aromatic heterocycles. The van der Waals surface area contributed by atoms with Crippen molar-refractivity contribution < 1.29 is 26.2 Å². The van der Waals surface area contributed by atoms with Crippen molar-refractivity contribution in [3.8, 4) is 0 Å². The van der Waals surface area contributed by atoms with Crippen molar-refractivity contribution in [3.63, 3.8) is 0 Å². The molecule has 6 nitrogen and oxygen atoms in total. The second kappa shape index (κ2) is 5.23. The molecule has 0 bridgehead atoms. The van der Waals surface area contributed by atoms with E-state index in [0.717, 1.165) is 14.2 Å². The van der Waals surface area contributed by atoms with E-state index in [2.05, 4.69) is 13.2 Å². The van der Waals surface area contributed by atoms with Crippen molar-refractivity contribution in [1.82, 2.24) is 0 Å². The van der Waals surface area contributed by atoms with E-state index in [4.69, 9.17) is 0 Å². The monoisotopic (exact) mass is 246 g/mol. The lowest BCUT2D eigenvalue weighted by molar-refractivity contribution is 0.246. The van der Waals surface area contributed by atoms with E-state index < -0.39 is 29.3 Å². The summed E-state index contributed by atoms with van der Waals surface area (Å²) in [5.41, 5.74) is -0.773. The quantitative estimate of drug-likeness (QED) is 0.517. The van der Waals surface area contributed by atoms with Gasteiger partial charge in [0.2, 0.25) is 0 Å². The normalized spacial score (nSPS) is 13.5. The van der Waals surface area contributed by atoms with E-state index in [1.807, 2.05) is 0 Å². The van der Waals surface area contributed by atoms with Gasteiger partial charge >= 0.3 is 7.60 Å². The maximum atomic E-state index is 11.4. The zero-order valence-electron chi connectivity index (χ0n) is 8.59. The van der Waals surface area contributed by atoms with E-state index in [1.165, 1.54) is 0 Å². The van der Waals surface area contributed by atoms with E-state index in [0.29, 0.717) is 0 Å². The molecule has 0 radical (unpaired) electrons. The Kier molecular flexibility index (Phi) is 5.25. The summed E-state index contributed by atoms with van der Waals surface area (Å²) in [5.74, 6) is 0. The molecular formula is C6H15O6PS. The van der Waals surface area contributed by atoms with Gasteiger partial charge in [-0.1, -0.05) is 0 Å². The summed E-state index contributed by atoms with van der Waals surface area (Å²) >= 11 is 0. The lowest BCUT2D eigenvalue weighted by Crippen LogP contribution is -2.16. The Balaban J connectivity index is 4.58. The van der Waals surface area contributed by atoms with Crippen LogP contribution >= 0.6 is 7.60 Å². The van der Waals surface area contributed by atoms with Crippen molar-refractivity contribution in [2.24, 2.45) is 0 Å². The van der Waals surface area contributed by atoms with Gasteiger partial charge in [-0.2, -0.15) is 8.42 Å². The van der Waals surface area contributed by atoms with Crippen molar-refractivity contribution in [2.75, 3.05) is 19.7 Å². The highest BCUT2D eigenvalue weighted by molar-refractivity contribution is 7.93. The SMILES string of the molecule is COP(=O)(CS(=O)(=O)OC(C)C)OC. The summed E-state index contributed by atoms with van der Waals surface area (Å²) < 4.78 is 47.4. The first-order valence-electron chi connectivity index (χ1n) is 3.86. The fourth-order valence-corrected chi connectivity index (χ4v) is 4.07. The Morgan fingerprint density at radius 3 is 1.93 bits per heavy atom. The molecule has 0 fully saturated rings. The summed E-state index contributed by atoms with van der Waals surface area (Å²) in [6.45, 7) is 3.12. The van der Waals surface area contributed by atoms with Gasteiger partial charge in [-0.3, -0.25) is 8.75 Å². The minimum atomic E-state index is -3.88. The predicted octanol–water partition coefficient (Wildman–Crippen LogP) is 1.18. The van der Waals surface area contributed by atoms with Crippen LogP contribution in [0.2, 0.25) is 0 Å². The number of hydrogen-bond acceptors (Lipinski definition) is 6. The molecule has 86 valence electrons. The first kappa shape index (κ1) is 14.1. The average Bonchev–Trinajstić information content (AvgIpc) is 2.01. The molecule has 0 atom stereocenters. The van der Waals surface area contributed by atoms with Crippen LogP contribution < -0.4 is 0 Å². The van der Waals surface area contributed by atoms with E-state index >= 15 is 0 Å². The maximum absolute atomic E-state index is 11.4. The molecule has 0 aliphatic rings. The van der Waals surface area contributed by atoms with Crippen LogP contribution in [0.1, 0.15) is 13.8 Å². The predicted molar refractivity (Wildman–Crippen MR) is 51.6 cm³/mol. The van der Waals surface area contributed by atoms with Crippen molar-refractivity contribution in [2.45, 2.75) is 20.0 Å². The van der Waals surface area contributed by atoms with Gasteiger partial charge in [0.15, 0.2) is 5.49 Å². The Morgan fingerprint density at radius 1 is 1.21 bits per heavy atom. The third-order valence-corrected chi connectivity index (χ3v) is 5.53. The molecule has 0 spiro atoms. The molecule has 14 heavy (non-hydrogen) atoms. The molecule has 0 aromatic rings. The molecule has 0 saturated heterocycles. The van der Waals surface area contributed by atoms with Crippen LogP contribution in [0.5, 0.6) is 0 Å². The fraction of sp³-hybridized carbons (Fsp3) is 1.00. The van der Waals surface area contributed by atoms with E-state index in [-0.39, 0.29) is 0 Å². The third kappa shape index (κ3) is 5.07.